The number of ether oxygens (including phenoxy) is 1. The molecule has 1 aromatic carbocycles. The van der Waals surface area contributed by atoms with Gasteiger partial charge < -0.3 is 15.0 Å². The molecule has 1 N–H and O–H groups in total. The fourth-order valence-electron chi connectivity index (χ4n) is 2.00. The van der Waals surface area contributed by atoms with Gasteiger partial charge in [0, 0.05) is 31.7 Å². The first-order valence-electron chi connectivity index (χ1n) is 5.64. The molecule has 94 valence electrons. The third kappa shape index (κ3) is 2.66. The van der Waals surface area contributed by atoms with Gasteiger partial charge in [-0.15, -0.1) is 0 Å². The number of hydrogen-bond acceptors (Lipinski definition) is 3. The maximum absolute atomic E-state index is 12.6. The zero-order valence-electron chi connectivity index (χ0n) is 9.75. The Kier molecular flexibility index (Phi) is 3.78. The monoisotopic (exact) mass is 242 g/mol. The fourth-order valence-corrected chi connectivity index (χ4v) is 2.00. The minimum absolute atomic E-state index is 0.000680. The van der Waals surface area contributed by atoms with Crippen LogP contribution in [0.1, 0.15) is 12.0 Å². The van der Waals surface area contributed by atoms with Crippen molar-refractivity contribution in [3.8, 4) is 5.75 Å². The molecule has 1 aliphatic rings. The molecule has 1 fully saturated rings. The summed E-state index contributed by atoms with van der Waals surface area (Å²) in [6, 6.07) is 4.60. The first-order chi connectivity index (χ1) is 8.22. The molecule has 2 rings (SSSR count). The van der Waals surface area contributed by atoms with Gasteiger partial charge in [-0.1, -0.05) is 6.07 Å². The van der Waals surface area contributed by atoms with Gasteiger partial charge in [0.2, 0.25) is 0 Å². The summed E-state index contributed by atoms with van der Waals surface area (Å²) in [5.41, 5.74) is 0.888. The van der Waals surface area contributed by atoms with E-state index in [-0.39, 0.29) is 5.56 Å². The number of methoxy groups -OCH3 is 1. The first-order valence-corrected chi connectivity index (χ1v) is 5.64. The fraction of sp³-hybridized carbons (Fsp3) is 0.500. The minimum atomic E-state index is -2.46. The van der Waals surface area contributed by atoms with Crippen LogP contribution in [0.15, 0.2) is 18.2 Å². The van der Waals surface area contributed by atoms with E-state index in [1.807, 2.05) is 0 Å². The van der Waals surface area contributed by atoms with Crippen LogP contribution in [-0.4, -0.2) is 33.3 Å². The van der Waals surface area contributed by atoms with E-state index in [0.29, 0.717) is 5.75 Å². The van der Waals surface area contributed by atoms with E-state index in [2.05, 4.69) is 10.2 Å². The van der Waals surface area contributed by atoms with Crippen LogP contribution in [-0.2, 0) is 0 Å². The Bertz CT molecular complexity index is 379. The number of benzene rings is 1. The van der Waals surface area contributed by atoms with Gasteiger partial charge in [0.05, 0.1) is 12.8 Å². The summed E-state index contributed by atoms with van der Waals surface area (Å²) in [4.78, 5) is 2.14. The van der Waals surface area contributed by atoms with Gasteiger partial charge in [-0.3, -0.25) is 0 Å². The van der Waals surface area contributed by atoms with Crippen molar-refractivity contribution in [1.82, 2.24) is 5.32 Å². The molecule has 0 aliphatic carbocycles. The lowest BCUT2D eigenvalue weighted by molar-refractivity contribution is 0.151. The maximum atomic E-state index is 12.6. The first kappa shape index (κ1) is 12.1. The second-order valence-corrected chi connectivity index (χ2v) is 3.97. The van der Waals surface area contributed by atoms with Gasteiger partial charge in [-0.2, -0.15) is 0 Å². The van der Waals surface area contributed by atoms with E-state index in [1.165, 1.54) is 19.2 Å². The standard InChI is InChI=1S/C12H16F2N2O/c1-17-11-8-9(12(13)14)2-3-10(11)16-6-4-15-5-7-16/h2-3,8,12,15H,4-7H2,1H3. The second-order valence-electron chi connectivity index (χ2n) is 3.97. The molecule has 0 amide bonds. The van der Waals surface area contributed by atoms with E-state index in [0.717, 1.165) is 31.9 Å². The van der Waals surface area contributed by atoms with Crippen LogP contribution in [0, 0.1) is 0 Å². The highest BCUT2D eigenvalue weighted by Crippen LogP contribution is 2.32. The number of anilines is 1. The summed E-state index contributed by atoms with van der Waals surface area (Å²) in [7, 11) is 1.51. The Hall–Kier alpha value is -1.36. The SMILES string of the molecule is COc1cc(C(F)F)ccc1N1CCNCC1. The number of nitrogens with one attached hydrogen (secondary N) is 1. The Labute approximate surface area is 99.4 Å². The molecule has 5 heteroatoms. The van der Waals surface area contributed by atoms with Crippen molar-refractivity contribution in [3.63, 3.8) is 0 Å². The third-order valence-corrected chi connectivity index (χ3v) is 2.91. The van der Waals surface area contributed by atoms with Gasteiger partial charge in [0.15, 0.2) is 0 Å². The Morgan fingerprint density at radius 1 is 1.29 bits per heavy atom. The van der Waals surface area contributed by atoms with E-state index >= 15 is 0 Å². The molecule has 3 nitrogen and oxygen atoms in total. The Morgan fingerprint density at radius 2 is 2.00 bits per heavy atom. The highest BCUT2D eigenvalue weighted by molar-refractivity contribution is 5.60. The molecular weight excluding hydrogens is 226 g/mol. The predicted octanol–water partition coefficient (Wildman–Crippen LogP) is 2.04. The number of halogens is 2. The molecule has 0 aromatic heterocycles. The van der Waals surface area contributed by atoms with Gasteiger partial charge in [-0.25, -0.2) is 8.78 Å². The average molecular weight is 242 g/mol. The summed E-state index contributed by atoms with van der Waals surface area (Å²) in [6.45, 7) is 3.54. The number of rotatable bonds is 3. The quantitative estimate of drug-likeness (QED) is 0.878. The van der Waals surface area contributed by atoms with Gasteiger partial charge in [0.25, 0.3) is 6.43 Å². The molecule has 17 heavy (non-hydrogen) atoms. The average Bonchev–Trinajstić information content (AvgIpc) is 2.39. The summed E-state index contributed by atoms with van der Waals surface area (Å²) < 4.78 is 30.4. The van der Waals surface area contributed by atoms with Crippen LogP contribution in [0.25, 0.3) is 0 Å². The van der Waals surface area contributed by atoms with Gasteiger partial charge >= 0.3 is 0 Å². The number of alkyl halides is 2. The van der Waals surface area contributed by atoms with Crippen LogP contribution in [0.2, 0.25) is 0 Å². The summed E-state index contributed by atoms with van der Waals surface area (Å²) in [6.07, 6.45) is -2.46. The smallest absolute Gasteiger partial charge is 0.263 e. The number of hydrogen-bond donors (Lipinski definition) is 1. The highest BCUT2D eigenvalue weighted by Gasteiger charge is 2.17. The molecule has 1 aliphatic heterocycles. The lowest BCUT2D eigenvalue weighted by Gasteiger charge is -2.30. The predicted molar refractivity (Wildman–Crippen MR) is 63.0 cm³/mol. The topological polar surface area (TPSA) is 24.5 Å². The van der Waals surface area contributed by atoms with Crippen molar-refractivity contribution < 1.29 is 13.5 Å². The van der Waals surface area contributed by atoms with Crippen molar-refractivity contribution >= 4 is 5.69 Å². The van der Waals surface area contributed by atoms with Crippen LogP contribution in [0.3, 0.4) is 0 Å². The molecule has 1 heterocycles. The summed E-state index contributed by atoms with van der Waals surface area (Å²) in [5.74, 6) is 0.518. The van der Waals surface area contributed by atoms with Crippen molar-refractivity contribution in [3.05, 3.63) is 23.8 Å². The molecular formula is C12H16F2N2O. The molecule has 0 saturated carbocycles. The largest absolute Gasteiger partial charge is 0.495 e. The van der Waals surface area contributed by atoms with Crippen molar-refractivity contribution in [1.29, 1.82) is 0 Å². The lowest BCUT2D eigenvalue weighted by Crippen LogP contribution is -2.43. The number of nitrogens with zero attached hydrogens (tertiary/aromatic N) is 1. The van der Waals surface area contributed by atoms with Gasteiger partial charge in [-0.05, 0) is 12.1 Å². The summed E-state index contributed by atoms with van der Waals surface area (Å²) in [5, 5.41) is 3.25. The van der Waals surface area contributed by atoms with E-state index in [9.17, 15) is 8.78 Å². The van der Waals surface area contributed by atoms with Crippen molar-refractivity contribution in [2.75, 3.05) is 38.2 Å². The van der Waals surface area contributed by atoms with Crippen LogP contribution in [0.4, 0.5) is 14.5 Å². The van der Waals surface area contributed by atoms with Crippen molar-refractivity contribution in [2.45, 2.75) is 6.43 Å². The van der Waals surface area contributed by atoms with Crippen molar-refractivity contribution in [2.24, 2.45) is 0 Å². The maximum Gasteiger partial charge on any atom is 0.263 e. The lowest BCUT2D eigenvalue weighted by atomic mass is 10.1. The highest BCUT2D eigenvalue weighted by atomic mass is 19.3. The molecule has 0 spiro atoms. The van der Waals surface area contributed by atoms with E-state index in [1.54, 1.807) is 6.07 Å². The molecule has 1 aromatic rings. The molecule has 0 radical (unpaired) electrons. The zero-order valence-corrected chi connectivity index (χ0v) is 9.75. The zero-order chi connectivity index (χ0) is 12.3. The molecule has 1 saturated heterocycles. The normalized spacial score (nSPS) is 16.4. The molecule has 0 atom stereocenters. The van der Waals surface area contributed by atoms with Crippen LogP contribution >= 0.6 is 0 Å². The summed E-state index contributed by atoms with van der Waals surface area (Å²) >= 11 is 0. The number of piperazine rings is 1. The Balaban J connectivity index is 2.26. The third-order valence-electron chi connectivity index (χ3n) is 2.91. The second kappa shape index (κ2) is 5.31. The molecule has 0 unspecified atom stereocenters. The molecule has 0 bridgehead atoms. The van der Waals surface area contributed by atoms with Gasteiger partial charge in [0.1, 0.15) is 5.75 Å². The Morgan fingerprint density at radius 3 is 2.59 bits per heavy atom. The van der Waals surface area contributed by atoms with Crippen LogP contribution in [0.5, 0.6) is 5.75 Å². The van der Waals surface area contributed by atoms with E-state index < -0.39 is 6.43 Å². The van der Waals surface area contributed by atoms with Crippen LogP contribution < -0.4 is 15.0 Å². The minimum Gasteiger partial charge on any atom is -0.495 e. The van der Waals surface area contributed by atoms with E-state index in [4.69, 9.17) is 4.74 Å².